The Hall–Kier alpha value is -1.39. The van der Waals surface area contributed by atoms with E-state index in [9.17, 15) is 0 Å². The fourth-order valence-corrected chi connectivity index (χ4v) is 1.95. The molecule has 0 spiro atoms. The number of benzene rings is 1. The van der Waals surface area contributed by atoms with Gasteiger partial charge in [-0.1, -0.05) is 6.07 Å². The second kappa shape index (κ2) is 4.23. The van der Waals surface area contributed by atoms with Crippen LogP contribution in [-0.2, 0) is 11.8 Å². The molecule has 0 amide bonds. The molecule has 0 saturated carbocycles. The minimum absolute atomic E-state index is 0.0218. The van der Waals surface area contributed by atoms with Gasteiger partial charge in [-0.3, -0.25) is 4.90 Å². The van der Waals surface area contributed by atoms with Crippen molar-refractivity contribution in [3.8, 4) is 0 Å². The molecular formula is C12H17N3O. The predicted octanol–water partition coefficient (Wildman–Crippen LogP) is 1.78. The molecule has 86 valence electrons. The molecule has 4 heteroatoms. The molecule has 2 rings (SSSR count). The smallest absolute Gasteiger partial charge is 0.135 e. The van der Waals surface area contributed by atoms with E-state index in [4.69, 9.17) is 4.74 Å². The molecule has 0 aliphatic rings. The average Bonchev–Trinajstić information content (AvgIpc) is 2.61. The monoisotopic (exact) mass is 219 g/mol. The summed E-state index contributed by atoms with van der Waals surface area (Å²) in [5.41, 5.74) is 3.26. The Morgan fingerprint density at radius 3 is 2.75 bits per heavy atom. The lowest BCUT2D eigenvalue weighted by Gasteiger charge is -2.22. The zero-order valence-electron chi connectivity index (χ0n) is 10.1. The highest BCUT2D eigenvalue weighted by atomic mass is 16.5. The Bertz CT molecular complexity index is 490. The number of aromatic nitrogens is 2. The molecule has 0 aliphatic carbocycles. The first-order valence-corrected chi connectivity index (χ1v) is 5.23. The molecule has 1 unspecified atom stereocenters. The van der Waals surface area contributed by atoms with Gasteiger partial charge < -0.3 is 9.30 Å². The van der Waals surface area contributed by atoms with E-state index >= 15 is 0 Å². The van der Waals surface area contributed by atoms with E-state index in [1.54, 1.807) is 7.11 Å². The van der Waals surface area contributed by atoms with Gasteiger partial charge in [0, 0.05) is 14.2 Å². The van der Waals surface area contributed by atoms with Gasteiger partial charge in [-0.15, -0.1) is 0 Å². The van der Waals surface area contributed by atoms with E-state index < -0.39 is 0 Å². The summed E-state index contributed by atoms with van der Waals surface area (Å²) in [7, 11) is 7.70. The zero-order valence-corrected chi connectivity index (χ0v) is 10.1. The van der Waals surface area contributed by atoms with E-state index in [1.165, 1.54) is 0 Å². The van der Waals surface area contributed by atoms with Gasteiger partial charge in [-0.05, 0) is 31.8 Å². The number of methoxy groups -OCH3 is 1. The van der Waals surface area contributed by atoms with Crippen molar-refractivity contribution in [2.24, 2.45) is 7.05 Å². The number of imidazole rings is 1. The van der Waals surface area contributed by atoms with Crippen LogP contribution in [0.25, 0.3) is 11.0 Å². The summed E-state index contributed by atoms with van der Waals surface area (Å²) in [5, 5.41) is 0. The Balaban J connectivity index is 2.46. The van der Waals surface area contributed by atoms with Crippen molar-refractivity contribution in [1.29, 1.82) is 0 Å². The molecule has 1 aromatic heterocycles. The second-order valence-electron chi connectivity index (χ2n) is 4.16. The van der Waals surface area contributed by atoms with Gasteiger partial charge in [-0.25, -0.2) is 4.98 Å². The topological polar surface area (TPSA) is 30.3 Å². The van der Waals surface area contributed by atoms with Gasteiger partial charge in [0.2, 0.25) is 0 Å². The zero-order chi connectivity index (χ0) is 11.7. The summed E-state index contributed by atoms with van der Waals surface area (Å²) >= 11 is 0. The summed E-state index contributed by atoms with van der Waals surface area (Å²) in [4.78, 5) is 6.38. The average molecular weight is 219 g/mol. The van der Waals surface area contributed by atoms with Gasteiger partial charge in [0.15, 0.2) is 0 Å². The van der Waals surface area contributed by atoms with Crippen LogP contribution in [0.4, 0.5) is 0 Å². The molecule has 0 radical (unpaired) electrons. The number of hydrogen-bond acceptors (Lipinski definition) is 3. The van der Waals surface area contributed by atoms with Gasteiger partial charge in [0.05, 0.1) is 17.4 Å². The first kappa shape index (κ1) is 11.1. The van der Waals surface area contributed by atoms with Crippen LogP contribution >= 0.6 is 0 Å². The number of ether oxygens (including phenoxy) is 1. The maximum absolute atomic E-state index is 5.44. The predicted molar refractivity (Wildman–Crippen MR) is 64.2 cm³/mol. The van der Waals surface area contributed by atoms with Crippen molar-refractivity contribution in [3.05, 3.63) is 30.1 Å². The molecule has 0 fully saturated rings. The van der Waals surface area contributed by atoms with E-state index in [1.807, 2.05) is 36.9 Å². The summed E-state index contributed by atoms with van der Waals surface area (Å²) in [6, 6.07) is 6.23. The normalized spacial score (nSPS) is 13.6. The van der Waals surface area contributed by atoms with Crippen molar-refractivity contribution >= 4 is 11.0 Å². The third kappa shape index (κ3) is 1.81. The van der Waals surface area contributed by atoms with E-state index in [0.717, 1.165) is 16.6 Å². The van der Waals surface area contributed by atoms with Gasteiger partial charge >= 0.3 is 0 Å². The lowest BCUT2D eigenvalue weighted by Crippen LogP contribution is -2.21. The van der Waals surface area contributed by atoms with Crippen LogP contribution in [-0.4, -0.2) is 35.7 Å². The first-order valence-electron chi connectivity index (χ1n) is 5.23. The van der Waals surface area contributed by atoms with Crippen LogP contribution in [0.15, 0.2) is 24.5 Å². The third-order valence-electron chi connectivity index (χ3n) is 2.73. The number of hydrogen-bond donors (Lipinski definition) is 0. The molecule has 0 N–H and O–H groups in total. The Labute approximate surface area is 95.4 Å². The summed E-state index contributed by atoms with van der Waals surface area (Å²) in [6.45, 7) is 0. The number of fused-ring (bicyclic) bond motifs is 1. The highest BCUT2D eigenvalue weighted by Gasteiger charge is 2.13. The highest BCUT2D eigenvalue weighted by molar-refractivity contribution is 5.76. The highest BCUT2D eigenvalue weighted by Crippen LogP contribution is 2.22. The summed E-state index contributed by atoms with van der Waals surface area (Å²) in [6.07, 6.45) is 1.80. The standard InChI is InChI=1S/C12H17N3O/c1-14(2)12(16-4)9-5-6-11-10(7-9)13-8-15(11)3/h5-8,12H,1-4H3. The van der Waals surface area contributed by atoms with Crippen molar-refractivity contribution < 1.29 is 4.74 Å². The minimum atomic E-state index is -0.0218. The lowest BCUT2D eigenvalue weighted by molar-refractivity contribution is -0.00531. The molecule has 1 heterocycles. The van der Waals surface area contributed by atoms with E-state index in [-0.39, 0.29) is 6.23 Å². The maximum atomic E-state index is 5.44. The summed E-state index contributed by atoms with van der Waals surface area (Å²) in [5.74, 6) is 0. The van der Waals surface area contributed by atoms with Crippen molar-refractivity contribution in [1.82, 2.24) is 14.5 Å². The maximum Gasteiger partial charge on any atom is 0.135 e. The largest absolute Gasteiger partial charge is 0.362 e. The Kier molecular flexibility index (Phi) is 2.94. The van der Waals surface area contributed by atoms with Crippen molar-refractivity contribution in [2.75, 3.05) is 21.2 Å². The molecule has 0 saturated heterocycles. The molecule has 2 aromatic rings. The number of nitrogens with zero attached hydrogens (tertiary/aromatic N) is 3. The second-order valence-corrected chi connectivity index (χ2v) is 4.16. The van der Waals surface area contributed by atoms with Crippen LogP contribution in [0, 0.1) is 0 Å². The van der Waals surface area contributed by atoms with Crippen LogP contribution in [0.1, 0.15) is 11.8 Å². The Morgan fingerprint density at radius 2 is 2.12 bits per heavy atom. The lowest BCUT2D eigenvalue weighted by atomic mass is 10.1. The molecule has 1 atom stereocenters. The minimum Gasteiger partial charge on any atom is -0.362 e. The number of aryl methyl sites for hydroxylation is 1. The van der Waals surface area contributed by atoms with Crippen molar-refractivity contribution in [3.63, 3.8) is 0 Å². The Morgan fingerprint density at radius 1 is 1.38 bits per heavy atom. The SMILES string of the molecule is COC(c1ccc2c(c1)ncn2C)N(C)C. The molecule has 0 aliphatic heterocycles. The quantitative estimate of drug-likeness (QED) is 0.737. The molecule has 4 nitrogen and oxygen atoms in total. The van der Waals surface area contributed by atoms with Gasteiger partial charge in [-0.2, -0.15) is 0 Å². The van der Waals surface area contributed by atoms with Gasteiger partial charge in [0.25, 0.3) is 0 Å². The molecule has 1 aromatic carbocycles. The first-order chi connectivity index (χ1) is 7.63. The van der Waals surface area contributed by atoms with Crippen molar-refractivity contribution in [2.45, 2.75) is 6.23 Å². The van der Waals surface area contributed by atoms with Crippen LogP contribution < -0.4 is 0 Å². The fraction of sp³-hybridized carbons (Fsp3) is 0.417. The fourth-order valence-electron chi connectivity index (χ4n) is 1.95. The van der Waals surface area contributed by atoms with Gasteiger partial charge in [0.1, 0.15) is 6.23 Å². The molecule has 0 bridgehead atoms. The summed E-state index contributed by atoms with van der Waals surface area (Å²) < 4.78 is 7.46. The van der Waals surface area contributed by atoms with E-state index in [0.29, 0.717) is 0 Å². The molecule has 16 heavy (non-hydrogen) atoms. The van der Waals surface area contributed by atoms with Crippen LogP contribution in [0.5, 0.6) is 0 Å². The molecular weight excluding hydrogens is 202 g/mol. The number of rotatable bonds is 3. The van der Waals surface area contributed by atoms with Crippen LogP contribution in [0.2, 0.25) is 0 Å². The van der Waals surface area contributed by atoms with E-state index in [2.05, 4.69) is 23.2 Å². The third-order valence-corrected chi connectivity index (χ3v) is 2.73. The van der Waals surface area contributed by atoms with Crippen LogP contribution in [0.3, 0.4) is 0 Å².